The van der Waals surface area contributed by atoms with Gasteiger partial charge in [0.15, 0.2) is 34.6 Å². The van der Waals surface area contributed by atoms with E-state index in [0.29, 0.717) is 65.9 Å². The lowest BCUT2D eigenvalue weighted by Gasteiger charge is -2.42. The molecule has 0 atom stereocenters. The van der Waals surface area contributed by atoms with Crippen molar-refractivity contribution in [3.8, 4) is 75.9 Å². The Balaban J connectivity index is 0.000000178. The van der Waals surface area contributed by atoms with Crippen LogP contribution in [-0.4, -0.2) is 214 Å². The summed E-state index contributed by atoms with van der Waals surface area (Å²) in [5, 5.41) is 9.74. The van der Waals surface area contributed by atoms with Crippen LogP contribution in [0.5, 0.6) is 34.5 Å². The molecule has 100 heavy (non-hydrogen) atoms. The number of aromatic nitrogens is 4. The van der Waals surface area contributed by atoms with E-state index in [0.717, 1.165) is 95.2 Å². The van der Waals surface area contributed by atoms with E-state index in [-0.39, 0.29) is 62.4 Å². The number of benzene rings is 4. The Morgan fingerprint density at radius 1 is 0.550 bits per heavy atom. The molecule has 6 aromatic rings. The van der Waals surface area contributed by atoms with E-state index in [1.165, 1.54) is 57.1 Å². The largest absolute Gasteiger partial charge is 0.495 e. The van der Waals surface area contributed by atoms with Crippen LogP contribution in [0.1, 0.15) is 32.6 Å². The van der Waals surface area contributed by atoms with Crippen molar-refractivity contribution in [3.05, 3.63) is 94.8 Å². The van der Waals surface area contributed by atoms with Crippen molar-refractivity contribution in [3.63, 3.8) is 0 Å². The smallest absolute Gasteiger partial charge is 0.230 e. The van der Waals surface area contributed by atoms with Gasteiger partial charge in [-0.25, -0.2) is 32.7 Å². The Morgan fingerprint density at radius 2 is 0.990 bits per heavy atom. The predicted octanol–water partition coefficient (Wildman–Crippen LogP) is 8.75. The standard InChI is InChI=1S/C30H39ClN8O5S.C17H28N4O.C13H12Cl2N4O4S.C9H3/c1-37-12-14-39(15-13-37)20-8-10-38(11-9-20)21-4-5-23(26(18-21)42-2)34-30-32-19-22(31)29(35-30)33-24-6-7-25-28(44-17-16-43-25)27(24)36-45(3,40)41;1-19-9-11-21(12-10-19)14-5-7-20(8-6-14)15-3-4-16(18)17(13-15)22-2;1-24(20,21)19-10-8(2-3-9-11(10)23-5-4-22-9)17-12-7(14)6-16-13(15)18-12;1-3-5-7-9-8-6-4-2/h4-7,18-20,36H,8-17H2,1-3H3,(H2,32,33,34,35);3-4,13-14H,5-12,18H2,1-2H3;2-3,6,19H,4-5H2,1H3,(H,16,17,18);1H3/q;;;-1. The lowest BCUT2D eigenvalue weighted by Crippen LogP contribution is -2.52. The number of anilines is 11. The van der Waals surface area contributed by atoms with Gasteiger partial charge < -0.3 is 76.1 Å². The molecule has 7 N–H and O–H groups in total. The molecule has 0 amide bonds. The summed E-state index contributed by atoms with van der Waals surface area (Å²) in [5.74, 6) is 20.1. The number of ether oxygens (including phenoxy) is 6. The number of likely N-dealkylation sites (N-methyl/N-ethyl adjacent to an activating group) is 2. The van der Waals surface area contributed by atoms with Crippen LogP contribution in [0.15, 0.2) is 73.1 Å². The van der Waals surface area contributed by atoms with Crippen molar-refractivity contribution in [2.24, 2.45) is 0 Å². The molecule has 4 fully saturated rings. The van der Waals surface area contributed by atoms with Crippen LogP contribution in [0.3, 0.4) is 0 Å². The molecule has 4 saturated heterocycles. The number of nitrogen functional groups attached to an aromatic ring is 1. The Labute approximate surface area is 601 Å². The molecule has 8 heterocycles. The Morgan fingerprint density at radius 3 is 1.47 bits per heavy atom. The maximum atomic E-state index is 12.2. The highest BCUT2D eigenvalue weighted by atomic mass is 35.5. The van der Waals surface area contributed by atoms with E-state index in [4.69, 9.17) is 75.4 Å². The van der Waals surface area contributed by atoms with Crippen molar-refractivity contribution >= 4 is 118 Å². The first kappa shape index (κ1) is 75.3. The molecule has 6 aliphatic heterocycles. The average Bonchev–Trinajstić information content (AvgIpc) is 0.810. The number of piperidine rings is 2. The van der Waals surface area contributed by atoms with Crippen LogP contribution >= 0.6 is 34.8 Å². The fraction of sp³-hybridized carbons (Fsp3) is 0.420. The Hall–Kier alpha value is -8.91. The van der Waals surface area contributed by atoms with Crippen LogP contribution in [0.25, 0.3) is 0 Å². The molecule has 0 unspecified atom stereocenters. The number of hydrogen-bond acceptors (Lipinski definition) is 24. The molecule has 12 rings (SSSR count). The minimum absolute atomic E-state index is 0.00272. The van der Waals surface area contributed by atoms with E-state index in [1.807, 2.05) is 24.1 Å². The third-order valence-corrected chi connectivity index (χ3v) is 18.7. The average molecular weight is 1470 g/mol. The number of methoxy groups -OCH3 is 2. The van der Waals surface area contributed by atoms with Crippen LogP contribution in [-0.2, 0) is 20.0 Å². The predicted molar refractivity (Wildman–Crippen MR) is 396 cm³/mol. The summed E-state index contributed by atoms with van der Waals surface area (Å²) in [6.45, 7) is 16.7. The van der Waals surface area contributed by atoms with E-state index < -0.39 is 20.0 Å². The Kier molecular flexibility index (Phi) is 27.0. The number of rotatable bonds is 16. The fourth-order valence-electron chi connectivity index (χ4n) is 11.8. The van der Waals surface area contributed by atoms with Gasteiger partial charge in [-0.2, -0.15) is 9.97 Å². The third-order valence-electron chi connectivity index (χ3n) is 16.8. The first-order chi connectivity index (χ1) is 48.1. The maximum absolute atomic E-state index is 12.2. The van der Waals surface area contributed by atoms with Gasteiger partial charge in [0.05, 0.1) is 61.9 Å². The van der Waals surface area contributed by atoms with Gasteiger partial charge in [-0.05, 0) is 125 Å². The minimum atomic E-state index is -3.64. The molecule has 2 aromatic heterocycles. The second kappa shape index (κ2) is 35.9. The molecule has 0 spiro atoms. The van der Waals surface area contributed by atoms with Crippen LogP contribution in [0, 0.1) is 47.9 Å². The summed E-state index contributed by atoms with van der Waals surface area (Å²) < 4.78 is 86.2. The van der Waals surface area contributed by atoms with Crippen molar-refractivity contribution in [1.29, 1.82) is 0 Å². The lowest BCUT2D eigenvalue weighted by molar-refractivity contribution is 0.0982. The number of piperazine rings is 2. The molecule has 6 aliphatic rings. The molecule has 0 saturated carbocycles. The summed E-state index contributed by atoms with van der Waals surface area (Å²) >= 11 is 18.3. The molecule has 0 bridgehead atoms. The zero-order valence-corrected chi connectivity index (χ0v) is 60.7. The van der Waals surface area contributed by atoms with Crippen LogP contribution in [0.4, 0.5) is 63.1 Å². The topological polar surface area (TPSA) is 281 Å². The second-order valence-electron chi connectivity index (χ2n) is 23.8. The molecule has 4 aromatic carbocycles. The molecule has 26 nitrogen and oxygen atoms in total. The SMILES string of the molecule is COc1cc(N2CCC(N3CCN(C)CC3)CC2)ccc1N.COc1cc(N2CCC(N3CCN(C)CC3)CC2)ccc1Nc1ncc(Cl)c(Nc2ccc3c(c2NS(C)(=O)=O)OCCO3)n1.CS(=O)(=O)Nc1c(Nc2nc(Cl)ncc2Cl)ccc2c1OCCO2.[C-]#CC#CC#CC#CC. The number of nitrogens with zero attached hydrogens (tertiary/aromatic N) is 10. The first-order valence-electron chi connectivity index (χ1n) is 32.2. The van der Waals surface area contributed by atoms with Gasteiger partial charge >= 0.3 is 0 Å². The van der Waals surface area contributed by atoms with Crippen LogP contribution in [0.2, 0.25) is 15.3 Å². The molecule has 31 heteroatoms. The van der Waals surface area contributed by atoms with E-state index in [9.17, 15) is 16.8 Å². The molecule has 0 aliphatic carbocycles. The summed E-state index contributed by atoms with van der Waals surface area (Å²) in [6.07, 6.45) is 16.0. The maximum Gasteiger partial charge on any atom is 0.230 e. The molecular formula is C69H82Cl3N16O10S2-. The number of fused-ring (bicyclic) bond motifs is 2. The second-order valence-corrected chi connectivity index (χ2v) is 28.4. The molecule has 0 radical (unpaired) electrons. The van der Waals surface area contributed by atoms with Crippen molar-refractivity contribution < 1.29 is 45.3 Å². The molecular weight excluding hydrogens is 1380 g/mol. The lowest BCUT2D eigenvalue weighted by atomic mass is 10.0. The summed E-state index contributed by atoms with van der Waals surface area (Å²) in [4.78, 5) is 31.7. The normalized spacial score (nSPS) is 16.5. The summed E-state index contributed by atoms with van der Waals surface area (Å²) in [6, 6.07) is 20.2. The highest BCUT2D eigenvalue weighted by Crippen LogP contribution is 2.46. The van der Waals surface area contributed by atoms with Gasteiger partial charge in [0.25, 0.3) is 0 Å². The Bertz CT molecular complexity index is 4300. The minimum Gasteiger partial charge on any atom is -0.495 e. The number of sulfonamides is 2. The van der Waals surface area contributed by atoms with Gasteiger partial charge in [-0.1, -0.05) is 29.1 Å². The van der Waals surface area contributed by atoms with Crippen molar-refractivity contribution in [2.45, 2.75) is 44.7 Å². The number of nitrogens with two attached hydrogens (primary N) is 1. The molecule has 532 valence electrons. The number of nitrogens with one attached hydrogen (secondary N) is 5. The monoisotopic (exact) mass is 1460 g/mol. The fourth-order valence-corrected chi connectivity index (χ4v) is 13.3. The zero-order chi connectivity index (χ0) is 71.3. The number of hydrogen-bond donors (Lipinski definition) is 6. The number of halogens is 3. The highest BCUT2D eigenvalue weighted by molar-refractivity contribution is 7.92. The zero-order valence-electron chi connectivity index (χ0n) is 56.8. The van der Waals surface area contributed by atoms with E-state index >= 15 is 0 Å². The highest BCUT2D eigenvalue weighted by Gasteiger charge is 2.30. The third kappa shape index (κ3) is 21.6. The van der Waals surface area contributed by atoms with Crippen molar-refractivity contribution in [2.75, 3.05) is 187 Å². The van der Waals surface area contributed by atoms with Crippen LogP contribution < -0.4 is 69.3 Å². The van der Waals surface area contributed by atoms with E-state index in [1.54, 1.807) is 45.4 Å². The summed E-state index contributed by atoms with van der Waals surface area (Å²) in [7, 11) is 0.524. The summed E-state index contributed by atoms with van der Waals surface area (Å²) in [5.41, 5.74) is 10.8. The van der Waals surface area contributed by atoms with Gasteiger partial charge in [-0.3, -0.25) is 25.2 Å². The van der Waals surface area contributed by atoms with Crippen molar-refractivity contribution in [1.82, 2.24) is 39.5 Å². The quantitative estimate of drug-likeness (QED) is 0.0228. The first-order valence-corrected chi connectivity index (χ1v) is 37.1. The van der Waals surface area contributed by atoms with E-state index in [2.05, 4.69) is 143 Å². The van der Waals surface area contributed by atoms with Gasteiger partial charge in [0, 0.05) is 114 Å². The van der Waals surface area contributed by atoms with Gasteiger partial charge in [0.1, 0.15) is 59.3 Å². The van der Waals surface area contributed by atoms with Gasteiger partial charge in [-0.15, -0.1) is 5.92 Å². The van der Waals surface area contributed by atoms with Gasteiger partial charge in [0.2, 0.25) is 31.3 Å².